The molecule has 0 spiro atoms. The molecule has 4 heterocycles. The minimum Gasteiger partial charge on any atom is -0.264 e. The summed E-state index contributed by atoms with van der Waals surface area (Å²) in [5, 5.41) is 4.80. The number of hydrogen-bond acceptors (Lipinski definition) is 4. The predicted molar refractivity (Wildman–Crippen MR) is 173 cm³/mol. The molecule has 4 heteroatoms. The molecule has 0 bridgehead atoms. The fourth-order valence-electron chi connectivity index (χ4n) is 6.09. The van der Waals surface area contributed by atoms with Crippen LogP contribution in [0.4, 0.5) is 0 Å². The van der Waals surface area contributed by atoms with Crippen LogP contribution in [-0.2, 0) is 0 Å². The molecule has 0 fully saturated rings. The van der Waals surface area contributed by atoms with Crippen molar-refractivity contribution in [2.75, 3.05) is 0 Å². The molecule has 0 aliphatic carbocycles. The topological polar surface area (TPSA) is 51.6 Å². The Morgan fingerprint density at radius 3 is 1.71 bits per heavy atom. The van der Waals surface area contributed by atoms with Crippen LogP contribution in [0.3, 0.4) is 0 Å². The second kappa shape index (κ2) is 10.3. The molecule has 42 heavy (non-hydrogen) atoms. The van der Waals surface area contributed by atoms with Crippen molar-refractivity contribution in [2.45, 2.75) is 27.7 Å². The smallest absolute Gasteiger partial charge is 0.0889 e. The Balaban J connectivity index is 1.46. The molecule has 0 aliphatic rings. The Morgan fingerprint density at radius 1 is 0.476 bits per heavy atom. The first-order chi connectivity index (χ1) is 20.5. The lowest BCUT2D eigenvalue weighted by Gasteiger charge is -2.20. The van der Waals surface area contributed by atoms with Gasteiger partial charge in [0, 0.05) is 46.7 Å². The van der Waals surface area contributed by atoms with Crippen LogP contribution in [0.2, 0.25) is 0 Å². The largest absolute Gasteiger partial charge is 0.264 e. The van der Waals surface area contributed by atoms with Gasteiger partial charge in [0.15, 0.2) is 0 Å². The monoisotopic (exact) mass is 542 g/mol. The average molecular weight is 543 g/mol. The maximum absolute atomic E-state index is 5.04. The summed E-state index contributed by atoms with van der Waals surface area (Å²) in [5.41, 5.74) is 12.8. The van der Waals surface area contributed by atoms with Crippen molar-refractivity contribution in [3.05, 3.63) is 132 Å². The summed E-state index contributed by atoms with van der Waals surface area (Å²) in [7, 11) is 0. The summed E-state index contributed by atoms with van der Waals surface area (Å²) in [6.45, 7) is 8.36. The molecule has 7 aromatic rings. The van der Waals surface area contributed by atoms with Crippen LogP contribution in [0.1, 0.15) is 22.5 Å². The number of aryl methyl sites for hydroxylation is 4. The third kappa shape index (κ3) is 4.33. The number of fused-ring (bicyclic) bond motifs is 2. The molecule has 202 valence electrons. The molecule has 0 saturated carbocycles. The molecule has 0 unspecified atom stereocenters. The number of nitrogens with zero attached hydrogens (tertiary/aromatic N) is 4. The van der Waals surface area contributed by atoms with Gasteiger partial charge in [0.2, 0.25) is 0 Å². The number of aromatic nitrogens is 4. The lowest BCUT2D eigenvalue weighted by Crippen LogP contribution is -1.97. The number of benzene rings is 3. The van der Waals surface area contributed by atoms with Crippen LogP contribution in [0.5, 0.6) is 0 Å². The molecule has 0 saturated heterocycles. The molecule has 0 N–H and O–H groups in total. The Kier molecular flexibility index (Phi) is 6.32. The second-order valence-corrected chi connectivity index (χ2v) is 10.9. The van der Waals surface area contributed by atoms with Gasteiger partial charge in [0.05, 0.1) is 17.1 Å². The van der Waals surface area contributed by atoms with Crippen molar-refractivity contribution in [3.63, 3.8) is 0 Å². The molecule has 0 atom stereocenters. The molecule has 0 amide bonds. The summed E-state index contributed by atoms with van der Waals surface area (Å²) < 4.78 is 0. The van der Waals surface area contributed by atoms with E-state index in [0.717, 1.165) is 50.7 Å². The van der Waals surface area contributed by atoms with Gasteiger partial charge in [-0.3, -0.25) is 19.9 Å². The summed E-state index contributed by atoms with van der Waals surface area (Å²) in [6.07, 6.45) is 5.75. The van der Waals surface area contributed by atoms with Gasteiger partial charge in [-0.15, -0.1) is 0 Å². The first kappa shape index (κ1) is 25.7. The van der Waals surface area contributed by atoms with Gasteiger partial charge in [-0.05, 0) is 102 Å². The fourth-order valence-corrected chi connectivity index (χ4v) is 6.09. The molecule has 3 aromatic carbocycles. The summed E-state index contributed by atoms with van der Waals surface area (Å²) in [5.74, 6) is 0. The van der Waals surface area contributed by atoms with E-state index in [9.17, 15) is 0 Å². The lowest BCUT2D eigenvalue weighted by molar-refractivity contribution is 1.15. The minimum atomic E-state index is 0.886. The summed E-state index contributed by atoms with van der Waals surface area (Å²) >= 11 is 0. The highest BCUT2D eigenvalue weighted by molar-refractivity contribution is 6.21. The minimum absolute atomic E-state index is 0.886. The van der Waals surface area contributed by atoms with Crippen LogP contribution in [0.25, 0.3) is 66.4 Å². The van der Waals surface area contributed by atoms with E-state index in [4.69, 9.17) is 15.0 Å². The first-order valence-corrected chi connectivity index (χ1v) is 14.2. The van der Waals surface area contributed by atoms with E-state index in [0.29, 0.717) is 0 Å². The van der Waals surface area contributed by atoms with Crippen molar-refractivity contribution >= 4 is 21.5 Å². The van der Waals surface area contributed by atoms with Gasteiger partial charge < -0.3 is 0 Å². The highest BCUT2D eigenvalue weighted by Gasteiger charge is 2.20. The summed E-state index contributed by atoms with van der Waals surface area (Å²) in [6, 6.07) is 32.0. The standard InChI is InChI=1S/C38H30N4/c1-23-20-36(27-18-19-39-21-24(27)2)40-22-33(23)38-31-13-7-5-11-29(31)37(30-12-6-8-14-32(30)38)28-16-17-35(42-26(28)4)34-15-9-10-25(3)41-34/h5-22H,1-4H3. The van der Waals surface area contributed by atoms with E-state index in [1.165, 1.54) is 38.2 Å². The highest BCUT2D eigenvalue weighted by Crippen LogP contribution is 2.45. The van der Waals surface area contributed by atoms with E-state index < -0.39 is 0 Å². The molecule has 4 aromatic heterocycles. The van der Waals surface area contributed by atoms with Gasteiger partial charge >= 0.3 is 0 Å². The molecular formula is C38H30N4. The van der Waals surface area contributed by atoms with Crippen molar-refractivity contribution in [2.24, 2.45) is 0 Å². The molecule has 7 rings (SSSR count). The van der Waals surface area contributed by atoms with Crippen LogP contribution in [-0.4, -0.2) is 19.9 Å². The SMILES string of the molecule is Cc1cccc(-c2ccc(-c3c4ccccc4c(-c4cnc(-c5ccncc5C)cc4C)c4ccccc34)c(C)n2)n1. The van der Waals surface area contributed by atoms with Crippen molar-refractivity contribution in [3.8, 4) is 44.9 Å². The zero-order chi connectivity index (χ0) is 28.8. The maximum atomic E-state index is 5.04. The van der Waals surface area contributed by atoms with E-state index in [-0.39, 0.29) is 0 Å². The Labute approximate surface area is 245 Å². The van der Waals surface area contributed by atoms with E-state index in [1.807, 2.05) is 49.8 Å². The van der Waals surface area contributed by atoms with E-state index in [1.54, 1.807) is 0 Å². The highest BCUT2D eigenvalue weighted by atomic mass is 14.8. The molecule has 4 nitrogen and oxygen atoms in total. The van der Waals surface area contributed by atoms with E-state index in [2.05, 4.69) is 92.5 Å². The van der Waals surface area contributed by atoms with Gasteiger partial charge in [-0.2, -0.15) is 0 Å². The quantitative estimate of drug-likeness (QED) is 0.208. The number of hydrogen-bond donors (Lipinski definition) is 0. The van der Waals surface area contributed by atoms with Crippen molar-refractivity contribution in [1.29, 1.82) is 0 Å². The Bertz CT molecular complexity index is 2090. The Hall–Kier alpha value is -5.22. The molecular weight excluding hydrogens is 512 g/mol. The van der Waals surface area contributed by atoms with Crippen molar-refractivity contribution in [1.82, 2.24) is 19.9 Å². The molecule has 0 radical (unpaired) electrons. The van der Waals surface area contributed by atoms with Crippen LogP contribution in [0.15, 0.2) is 110 Å². The zero-order valence-electron chi connectivity index (χ0n) is 24.2. The predicted octanol–water partition coefficient (Wildman–Crippen LogP) is 9.47. The van der Waals surface area contributed by atoms with Gasteiger partial charge in [0.1, 0.15) is 0 Å². The average Bonchev–Trinajstić information content (AvgIpc) is 3.01. The Morgan fingerprint density at radius 2 is 1.12 bits per heavy atom. The zero-order valence-corrected chi connectivity index (χ0v) is 24.2. The van der Waals surface area contributed by atoms with Crippen molar-refractivity contribution < 1.29 is 0 Å². The lowest BCUT2D eigenvalue weighted by atomic mass is 9.85. The van der Waals surface area contributed by atoms with Gasteiger partial charge in [-0.25, -0.2) is 0 Å². The van der Waals surface area contributed by atoms with Crippen LogP contribution < -0.4 is 0 Å². The summed E-state index contributed by atoms with van der Waals surface area (Å²) in [4.78, 5) is 18.9. The van der Waals surface area contributed by atoms with Gasteiger partial charge in [0.25, 0.3) is 0 Å². The van der Waals surface area contributed by atoms with Crippen LogP contribution in [0, 0.1) is 27.7 Å². The fraction of sp³-hybridized carbons (Fsp3) is 0.105. The van der Waals surface area contributed by atoms with Gasteiger partial charge in [-0.1, -0.05) is 60.7 Å². The number of rotatable bonds is 4. The molecule has 0 aliphatic heterocycles. The normalized spacial score (nSPS) is 11.3. The third-order valence-electron chi connectivity index (χ3n) is 8.11. The maximum Gasteiger partial charge on any atom is 0.0889 e. The third-order valence-corrected chi connectivity index (χ3v) is 8.11. The van der Waals surface area contributed by atoms with Crippen LogP contribution >= 0.6 is 0 Å². The number of pyridine rings is 4. The second-order valence-electron chi connectivity index (χ2n) is 10.9. The van der Waals surface area contributed by atoms with E-state index >= 15 is 0 Å². The first-order valence-electron chi connectivity index (χ1n) is 14.2.